The summed E-state index contributed by atoms with van der Waals surface area (Å²) in [5.41, 5.74) is 3.58. The number of rotatable bonds is 20. The van der Waals surface area contributed by atoms with Crippen molar-refractivity contribution in [1.82, 2.24) is 0 Å². The Bertz CT molecular complexity index is 1240. The fourth-order valence-electron chi connectivity index (χ4n) is 5.83. The molecule has 0 radical (unpaired) electrons. The van der Waals surface area contributed by atoms with Crippen LogP contribution >= 0.6 is 15.5 Å². The Balaban J connectivity index is 2.73. The van der Waals surface area contributed by atoms with E-state index >= 15 is 0 Å². The van der Waals surface area contributed by atoms with E-state index in [1.807, 2.05) is 51.1 Å². The van der Waals surface area contributed by atoms with Crippen LogP contribution < -0.4 is 9.47 Å². The first-order chi connectivity index (χ1) is 20.6. The number of benzene rings is 2. The van der Waals surface area contributed by atoms with Crippen molar-refractivity contribution < 1.29 is 39.7 Å². The summed E-state index contributed by atoms with van der Waals surface area (Å²) in [4.78, 5) is 21.2. The Morgan fingerprint density at radius 1 is 0.860 bits per heavy atom. The van der Waals surface area contributed by atoms with E-state index in [0.717, 1.165) is 19.3 Å². The average Bonchev–Trinajstić information content (AvgIpc) is 2.96. The number of ether oxygens (including phenoxy) is 2. The standard InChI is InChI=1S/C33H50O8P2/c1-6-11-30(37)31(27(21-42-4)16-23-12-9-14-25(18-34)32(23)40-7-2)29(20-36)28(22-43(5,38)39)17-24-13-10-15-26(19-35)33(24)41-8-3/h9-10,12-15,27-29,34-39H,4-8,11,16-22H2,1-3H3/b31-30-. The van der Waals surface area contributed by atoms with Gasteiger partial charge in [0, 0.05) is 29.6 Å². The predicted octanol–water partition coefficient (Wildman–Crippen LogP) is 5.35. The summed E-state index contributed by atoms with van der Waals surface area (Å²) in [5.74, 6) is -0.0932. The maximum absolute atomic E-state index is 11.6. The van der Waals surface area contributed by atoms with Gasteiger partial charge in [0.1, 0.15) is 18.8 Å². The molecule has 43 heavy (non-hydrogen) atoms. The molecule has 2 rings (SSSR count). The maximum Gasteiger partial charge on any atom is 0.127 e. The molecule has 8 nitrogen and oxygen atoms in total. The molecule has 0 amide bonds. The van der Waals surface area contributed by atoms with Crippen molar-refractivity contribution in [2.24, 2.45) is 17.8 Å². The minimum atomic E-state index is -3.57. The number of aliphatic hydroxyl groups excluding tert-OH is 4. The second kappa shape index (κ2) is 18.6. The molecule has 0 aromatic heterocycles. The van der Waals surface area contributed by atoms with Gasteiger partial charge >= 0.3 is 0 Å². The lowest BCUT2D eigenvalue weighted by Gasteiger charge is -2.35. The molecular weight excluding hydrogens is 586 g/mol. The van der Waals surface area contributed by atoms with Crippen LogP contribution in [0.1, 0.15) is 55.9 Å². The van der Waals surface area contributed by atoms with Crippen LogP contribution in [0.3, 0.4) is 0 Å². The number of hydrogen-bond acceptors (Lipinski definition) is 8. The lowest BCUT2D eigenvalue weighted by atomic mass is 9.75. The second-order valence-electron chi connectivity index (χ2n) is 10.8. The van der Waals surface area contributed by atoms with Gasteiger partial charge in [-0.2, -0.15) is 0 Å². The molecule has 2 aromatic carbocycles. The largest absolute Gasteiger partial charge is 0.512 e. The first-order valence-electron chi connectivity index (χ1n) is 14.9. The average molecular weight is 637 g/mol. The zero-order chi connectivity index (χ0) is 32.0. The molecule has 0 aliphatic heterocycles. The van der Waals surface area contributed by atoms with E-state index in [4.69, 9.17) is 9.47 Å². The molecular formula is C33H50O8P2. The summed E-state index contributed by atoms with van der Waals surface area (Å²) in [6.07, 6.45) is 10.0. The van der Waals surface area contributed by atoms with Crippen molar-refractivity contribution in [3.05, 3.63) is 70.0 Å². The third-order valence-corrected chi connectivity index (χ3v) is 9.28. The first-order valence-corrected chi connectivity index (χ1v) is 18.2. The summed E-state index contributed by atoms with van der Waals surface area (Å²) in [6, 6.07) is 11.1. The van der Waals surface area contributed by atoms with Crippen LogP contribution in [0.2, 0.25) is 0 Å². The number of para-hydroxylation sites is 2. The fraction of sp³-hybridized carbons (Fsp3) is 0.515. The van der Waals surface area contributed by atoms with Gasteiger partial charge in [-0.1, -0.05) is 55.9 Å². The molecule has 3 atom stereocenters. The third-order valence-electron chi connectivity index (χ3n) is 7.52. The lowest BCUT2D eigenvalue weighted by Crippen LogP contribution is -2.32. The molecule has 0 fully saturated rings. The molecule has 0 saturated heterocycles. The molecule has 0 aliphatic rings. The van der Waals surface area contributed by atoms with E-state index in [9.17, 15) is 30.2 Å². The van der Waals surface area contributed by atoms with Crippen LogP contribution in [0, 0.1) is 17.8 Å². The minimum Gasteiger partial charge on any atom is -0.512 e. The Morgan fingerprint density at radius 2 is 1.37 bits per heavy atom. The third kappa shape index (κ3) is 10.8. The van der Waals surface area contributed by atoms with Crippen molar-refractivity contribution in [2.75, 3.05) is 32.1 Å². The van der Waals surface area contributed by atoms with E-state index in [1.165, 1.54) is 0 Å². The summed E-state index contributed by atoms with van der Waals surface area (Å²) in [6.45, 7) is 5.78. The highest BCUT2D eigenvalue weighted by Gasteiger charge is 2.35. The number of allylic oxidation sites excluding steroid dienone is 1. The first kappa shape index (κ1) is 37.0. The molecule has 0 heterocycles. The number of hydrogen-bond donors (Lipinski definition) is 6. The summed E-state index contributed by atoms with van der Waals surface area (Å²) >= 11 is 0. The van der Waals surface area contributed by atoms with Crippen LogP contribution in [-0.2, 0) is 26.1 Å². The molecule has 6 N–H and O–H groups in total. The highest BCUT2D eigenvalue weighted by molar-refractivity contribution is 7.62. The Labute approximate surface area is 258 Å². The van der Waals surface area contributed by atoms with Crippen LogP contribution in [0.5, 0.6) is 11.5 Å². The van der Waals surface area contributed by atoms with E-state index in [0.29, 0.717) is 73.3 Å². The normalized spacial score (nSPS) is 14.7. The minimum absolute atomic E-state index is 0.0744. The van der Waals surface area contributed by atoms with Crippen molar-refractivity contribution >= 4 is 28.1 Å². The SMILES string of the molecule is C=PCC(Cc1cccc(CO)c1OCC)/C(=C(/O)CCC)C(CO)C(Cc1cccc(CO)c1OCC)CP(=C)(O)O. The van der Waals surface area contributed by atoms with Gasteiger partial charge in [-0.3, -0.25) is 0 Å². The van der Waals surface area contributed by atoms with Gasteiger partial charge in [-0.05, 0) is 67.8 Å². The van der Waals surface area contributed by atoms with Crippen molar-refractivity contribution in [3.8, 4) is 11.5 Å². The van der Waals surface area contributed by atoms with E-state index < -0.39 is 19.2 Å². The van der Waals surface area contributed by atoms with Crippen molar-refractivity contribution in [1.29, 1.82) is 0 Å². The highest BCUT2D eigenvalue weighted by Crippen LogP contribution is 2.45. The van der Waals surface area contributed by atoms with Gasteiger partial charge < -0.3 is 39.7 Å². The molecule has 0 saturated carbocycles. The summed E-state index contributed by atoms with van der Waals surface area (Å²) in [7, 11) is -2.73. The molecule has 3 unspecified atom stereocenters. The topological polar surface area (TPSA) is 140 Å². The molecule has 2 aromatic rings. The van der Waals surface area contributed by atoms with Gasteiger partial charge in [0.15, 0.2) is 0 Å². The molecule has 240 valence electrons. The van der Waals surface area contributed by atoms with Crippen molar-refractivity contribution in [2.45, 2.75) is 59.7 Å². The van der Waals surface area contributed by atoms with Gasteiger partial charge in [0.05, 0.1) is 38.8 Å². The molecule has 0 aliphatic carbocycles. The predicted molar refractivity (Wildman–Crippen MR) is 179 cm³/mol. The van der Waals surface area contributed by atoms with Crippen LogP contribution in [-0.4, -0.2) is 75.0 Å². The molecule has 0 bridgehead atoms. The lowest BCUT2D eigenvalue weighted by molar-refractivity contribution is 0.187. The smallest absolute Gasteiger partial charge is 0.127 e. The van der Waals surface area contributed by atoms with E-state index in [-0.39, 0.29) is 37.7 Å². The highest BCUT2D eigenvalue weighted by atomic mass is 31.2. The fourth-order valence-corrected chi connectivity index (χ4v) is 7.60. The zero-order valence-corrected chi connectivity index (χ0v) is 27.6. The van der Waals surface area contributed by atoms with Crippen LogP contribution in [0.25, 0.3) is 0 Å². The van der Waals surface area contributed by atoms with E-state index in [1.54, 1.807) is 6.07 Å². The van der Waals surface area contributed by atoms with E-state index in [2.05, 4.69) is 12.6 Å². The molecule has 0 spiro atoms. The van der Waals surface area contributed by atoms with Gasteiger partial charge in [-0.15, -0.1) is 8.20 Å². The van der Waals surface area contributed by atoms with Gasteiger partial charge in [-0.25, -0.2) is 0 Å². The summed E-state index contributed by atoms with van der Waals surface area (Å²) in [5, 5.41) is 42.5. The maximum atomic E-state index is 11.6. The van der Waals surface area contributed by atoms with Gasteiger partial charge in [0.25, 0.3) is 0 Å². The Hall–Kier alpha value is -2.15. The summed E-state index contributed by atoms with van der Waals surface area (Å²) < 4.78 is 11.9. The van der Waals surface area contributed by atoms with Crippen molar-refractivity contribution in [3.63, 3.8) is 0 Å². The van der Waals surface area contributed by atoms with Crippen LogP contribution in [0.4, 0.5) is 0 Å². The quantitative estimate of drug-likeness (QED) is 0.0845. The Kier molecular flexibility index (Phi) is 16.0. The second-order valence-corrected chi connectivity index (χ2v) is 13.7. The van der Waals surface area contributed by atoms with Crippen LogP contribution in [0.15, 0.2) is 47.7 Å². The monoisotopic (exact) mass is 636 g/mol. The zero-order valence-electron chi connectivity index (χ0n) is 25.8. The molecule has 10 heteroatoms. The number of aliphatic hydroxyl groups is 4. The Morgan fingerprint density at radius 3 is 1.79 bits per heavy atom. The van der Waals surface area contributed by atoms with Gasteiger partial charge in [0.2, 0.25) is 0 Å².